The molecule has 0 saturated carbocycles. The number of hydrogen-bond donors (Lipinski definition) is 2. The Bertz CT molecular complexity index is 693. The largest absolute Gasteiger partial charge is 0.340 e. The van der Waals surface area contributed by atoms with Crippen molar-refractivity contribution in [2.45, 2.75) is 32.4 Å². The maximum absolute atomic E-state index is 12.3. The molecule has 6 nitrogen and oxygen atoms in total. The van der Waals surface area contributed by atoms with Crippen molar-refractivity contribution in [1.82, 2.24) is 20.8 Å². The van der Waals surface area contributed by atoms with Crippen LogP contribution in [-0.4, -0.2) is 29.1 Å². The lowest BCUT2D eigenvalue weighted by atomic mass is 10.2. The van der Waals surface area contributed by atoms with Crippen LogP contribution in [0.5, 0.6) is 0 Å². The van der Waals surface area contributed by atoms with E-state index in [0.29, 0.717) is 28.7 Å². The second-order valence-corrected chi connectivity index (χ2v) is 6.02. The first-order chi connectivity index (χ1) is 10.9. The van der Waals surface area contributed by atoms with Gasteiger partial charge in [-0.15, -0.1) is 12.4 Å². The van der Waals surface area contributed by atoms with Gasteiger partial charge in [-0.25, -0.2) is 0 Å². The van der Waals surface area contributed by atoms with E-state index in [0.717, 1.165) is 0 Å². The molecule has 1 amide bonds. The van der Waals surface area contributed by atoms with Crippen LogP contribution in [0, 0.1) is 0 Å². The Hall–Kier alpha value is -1.34. The van der Waals surface area contributed by atoms with Crippen molar-refractivity contribution < 1.29 is 9.32 Å². The summed E-state index contributed by atoms with van der Waals surface area (Å²) in [6.45, 7) is 3.78. The van der Waals surface area contributed by atoms with E-state index < -0.39 is 6.04 Å². The molecule has 132 valence electrons. The molecule has 2 aromatic rings. The lowest BCUT2D eigenvalue weighted by Gasteiger charge is -2.11. The van der Waals surface area contributed by atoms with Crippen LogP contribution >= 0.6 is 35.6 Å². The normalized spacial score (nSPS) is 13.0. The molecule has 2 atom stereocenters. The molecule has 0 bridgehead atoms. The van der Waals surface area contributed by atoms with Gasteiger partial charge in [-0.05, 0) is 33.0 Å². The summed E-state index contributed by atoms with van der Waals surface area (Å²) in [4.78, 5) is 16.6. The molecular formula is C15H19Cl3N4O2. The van der Waals surface area contributed by atoms with Gasteiger partial charge in [0.1, 0.15) is 6.04 Å². The van der Waals surface area contributed by atoms with Crippen LogP contribution in [0.4, 0.5) is 0 Å². The maximum Gasteiger partial charge on any atom is 0.253 e. The fourth-order valence-corrected chi connectivity index (χ4v) is 2.30. The van der Waals surface area contributed by atoms with Crippen LogP contribution in [0.3, 0.4) is 0 Å². The van der Waals surface area contributed by atoms with Crippen molar-refractivity contribution in [3.8, 4) is 0 Å². The number of amides is 1. The van der Waals surface area contributed by atoms with Gasteiger partial charge < -0.3 is 15.2 Å². The van der Waals surface area contributed by atoms with Crippen LogP contribution in [0.1, 0.15) is 42.0 Å². The Balaban J connectivity index is 0.00000288. The minimum atomic E-state index is -0.441. The number of likely N-dealkylation sites (N-methyl/N-ethyl adjacent to an activating group) is 1. The monoisotopic (exact) mass is 392 g/mol. The number of carbonyl (C=O) groups excluding carboxylic acids is 1. The summed E-state index contributed by atoms with van der Waals surface area (Å²) in [5, 5.41) is 10.3. The van der Waals surface area contributed by atoms with Gasteiger partial charge in [0, 0.05) is 12.5 Å². The fraction of sp³-hybridized carbons (Fsp3) is 0.400. The van der Waals surface area contributed by atoms with E-state index in [2.05, 4.69) is 20.8 Å². The van der Waals surface area contributed by atoms with Gasteiger partial charge in [0.2, 0.25) is 5.89 Å². The molecule has 0 radical (unpaired) electrons. The molecule has 9 heteroatoms. The molecule has 2 unspecified atom stereocenters. The lowest BCUT2D eigenvalue weighted by molar-refractivity contribution is 0.0932. The summed E-state index contributed by atoms with van der Waals surface area (Å²) in [5.74, 6) is 0.576. The van der Waals surface area contributed by atoms with Gasteiger partial charge in [0.15, 0.2) is 5.82 Å². The second-order valence-electron chi connectivity index (χ2n) is 5.24. The summed E-state index contributed by atoms with van der Waals surface area (Å²) in [6.07, 6.45) is 0.640. The van der Waals surface area contributed by atoms with E-state index in [4.69, 9.17) is 27.7 Å². The van der Waals surface area contributed by atoms with Crippen molar-refractivity contribution >= 4 is 41.5 Å². The maximum atomic E-state index is 12.3. The molecule has 1 heterocycles. The molecule has 0 aliphatic carbocycles. The summed E-state index contributed by atoms with van der Waals surface area (Å²) >= 11 is 12.0. The molecule has 0 spiro atoms. The number of benzene rings is 1. The molecule has 1 aromatic heterocycles. The average Bonchev–Trinajstić information content (AvgIpc) is 2.98. The van der Waals surface area contributed by atoms with Crippen LogP contribution in [-0.2, 0) is 6.42 Å². The Morgan fingerprint density at radius 1 is 1.33 bits per heavy atom. The van der Waals surface area contributed by atoms with Gasteiger partial charge in [0.25, 0.3) is 5.91 Å². The number of carbonyl (C=O) groups is 1. The van der Waals surface area contributed by atoms with E-state index in [1.165, 1.54) is 0 Å². The molecule has 24 heavy (non-hydrogen) atoms. The quantitative estimate of drug-likeness (QED) is 0.786. The molecule has 1 aromatic carbocycles. The Labute approximate surface area is 156 Å². The summed E-state index contributed by atoms with van der Waals surface area (Å²) in [5.41, 5.74) is 0.301. The molecule has 2 N–H and O–H groups in total. The van der Waals surface area contributed by atoms with Gasteiger partial charge in [0.05, 0.1) is 15.6 Å². The van der Waals surface area contributed by atoms with Crippen LogP contribution in [0.15, 0.2) is 22.7 Å². The van der Waals surface area contributed by atoms with Crippen molar-refractivity contribution in [1.29, 1.82) is 0 Å². The van der Waals surface area contributed by atoms with Crippen LogP contribution in [0.2, 0.25) is 10.0 Å². The predicted octanol–water partition coefficient (Wildman–Crippen LogP) is 3.44. The van der Waals surface area contributed by atoms with Gasteiger partial charge in [-0.2, -0.15) is 4.98 Å². The van der Waals surface area contributed by atoms with E-state index in [9.17, 15) is 4.79 Å². The second kappa shape index (κ2) is 9.22. The number of rotatable bonds is 6. The zero-order valence-corrected chi connectivity index (χ0v) is 15.8. The topological polar surface area (TPSA) is 80.0 Å². The third kappa shape index (κ3) is 5.08. The standard InChI is InChI=1S/C15H18Cl2N4O2.ClH/c1-8(18-3)7-12-20-15(23-21-12)9(2)19-14(22)10-5-4-6-11(16)13(10)17;/h4-6,8-9,18H,7H2,1-3H3,(H,19,22);1H. The van der Waals surface area contributed by atoms with Crippen molar-refractivity contribution in [3.63, 3.8) is 0 Å². The number of halogens is 3. The minimum absolute atomic E-state index is 0. The summed E-state index contributed by atoms with van der Waals surface area (Å²) in [6, 6.07) is 4.68. The molecule has 0 aliphatic rings. The van der Waals surface area contributed by atoms with E-state index >= 15 is 0 Å². The average molecular weight is 394 g/mol. The summed E-state index contributed by atoms with van der Waals surface area (Å²) in [7, 11) is 1.86. The van der Waals surface area contributed by atoms with Gasteiger partial charge >= 0.3 is 0 Å². The van der Waals surface area contributed by atoms with E-state index in [1.807, 2.05) is 14.0 Å². The third-order valence-corrected chi connectivity index (χ3v) is 4.20. The highest BCUT2D eigenvalue weighted by Gasteiger charge is 2.20. The highest BCUT2D eigenvalue weighted by atomic mass is 35.5. The highest BCUT2D eigenvalue weighted by molar-refractivity contribution is 6.43. The molecule has 0 saturated heterocycles. The van der Waals surface area contributed by atoms with Gasteiger partial charge in [-0.1, -0.05) is 34.4 Å². The SMILES string of the molecule is CNC(C)Cc1noc(C(C)NC(=O)c2cccc(Cl)c2Cl)n1.Cl. The zero-order chi connectivity index (χ0) is 17.0. The Morgan fingerprint density at radius 3 is 2.71 bits per heavy atom. The van der Waals surface area contributed by atoms with Crippen LogP contribution in [0.25, 0.3) is 0 Å². The first kappa shape index (κ1) is 20.7. The van der Waals surface area contributed by atoms with E-state index in [1.54, 1.807) is 25.1 Å². The van der Waals surface area contributed by atoms with Crippen LogP contribution < -0.4 is 10.6 Å². The zero-order valence-electron chi connectivity index (χ0n) is 13.5. The van der Waals surface area contributed by atoms with Crippen molar-refractivity contribution in [2.24, 2.45) is 0 Å². The highest BCUT2D eigenvalue weighted by Crippen LogP contribution is 2.26. The predicted molar refractivity (Wildman–Crippen MR) is 96.1 cm³/mol. The number of hydrogen-bond acceptors (Lipinski definition) is 5. The van der Waals surface area contributed by atoms with Crippen molar-refractivity contribution in [2.75, 3.05) is 7.05 Å². The fourth-order valence-electron chi connectivity index (χ4n) is 1.92. The molecule has 2 rings (SSSR count). The minimum Gasteiger partial charge on any atom is -0.340 e. The molecule has 0 aliphatic heterocycles. The number of nitrogens with one attached hydrogen (secondary N) is 2. The summed E-state index contributed by atoms with van der Waals surface area (Å²) < 4.78 is 5.20. The molecular weight excluding hydrogens is 375 g/mol. The Morgan fingerprint density at radius 2 is 2.04 bits per heavy atom. The smallest absolute Gasteiger partial charge is 0.253 e. The Kier molecular flexibility index (Phi) is 7.96. The van der Waals surface area contributed by atoms with Crippen molar-refractivity contribution in [3.05, 3.63) is 45.5 Å². The van der Waals surface area contributed by atoms with E-state index in [-0.39, 0.29) is 29.4 Å². The first-order valence-corrected chi connectivity index (χ1v) is 7.92. The first-order valence-electron chi connectivity index (χ1n) is 7.17. The lowest BCUT2D eigenvalue weighted by Crippen LogP contribution is -2.27. The molecule has 0 fully saturated rings. The number of aromatic nitrogens is 2. The number of nitrogens with zero attached hydrogens (tertiary/aromatic N) is 2. The van der Waals surface area contributed by atoms with Gasteiger partial charge in [-0.3, -0.25) is 4.79 Å². The third-order valence-electron chi connectivity index (χ3n) is 3.38.